The second-order valence-corrected chi connectivity index (χ2v) is 9.39. The van der Waals surface area contributed by atoms with Crippen molar-refractivity contribution in [1.29, 1.82) is 0 Å². The second-order valence-electron chi connectivity index (χ2n) is 5.63. The van der Waals surface area contributed by atoms with E-state index in [1.54, 1.807) is 7.11 Å². The number of amides is 1. The number of thioether (sulfide) groups is 1. The van der Waals surface area contributed by atoms with Gasteiger partial charge in [-0.2, -0.15) is 0 Å². The lowest BCUT2D eigenvalue weighted by Crippen LogP contribution is -2.15. The highest BCUT2D eigenvalue weighted by Crippen LogP contribution is 2.28. The molecule has 29 heavy (non-hydrogen) atoms. The number of methoxy groups -OCH3 is 1. The van der Waals surface area contributed by atoms with E-state index in [-0.39, 0.29) is 16.6 Å². The molecule has 2 aromatic carbocycles. The van der Waals surface area contributed by atoms with Crippen LogP contribution in [0.2, 0.25) is 0 Å². The van der Waals surface area contributed by atoms with E-state index in [1.165, 1.54) is 47.4 Å². The van der Waals surface area contributed by atoms with Crippen LogP contribution in [0.3, 0.4) is 0 Å². The second kappa shape index (κ2) is 9.22. The maximum Gasteiger partial charge on any atom is 0.238 e. The Bertz CT molecular complexity index is 1080. The minimum absolute atomic E-state index is 0.0179. The Morgan fingerprint density at radius 3 is 2.38 bits per heavy atom. The molecule has 0 aliphatic heterocycles. The van der Waals surface area contributed by atoms with Gasteiger partial charge in [0, 0.05) is 11.4 Å². The number of hydrogen-bond acceptors (Lipinski definition) is 9. The summed E-state index contributed by atoms with van der Waals surface area (Å²) in [6.45, 7) is 0. The van der Waals surface area contributed by atoms with E-state index in [0.717, 1.165) is 11.4 Å². The zero-order valence-electron chi connectivity index (χ0n) is 15.2. The Kier molecular flexibility index (Phi) is 6.69. The van der Waals surface area contributed by atoms with E-state index >= 15 is 0 Å². The van der Waals surface area contributed by atoms with Crippen LogP contribution >= 0.6 is 23.1 Å². The fourth-order valence-corrected chi connectivity index (χ4v) is 4.26. The summed E-state index contributed by atoms with van der Waals surface area (Å²) in [5, 5.41) is 19.6. The molecule has 0 fully saturated rings. The molecule has 0 bridgehead atoms. The van der Waals surface area contributed by atoms with Gasteiger partial charge in [0.2, 0.25) is 21.1 Å². The number of hydrogen-bond donors (Lipinski definition) is 3. The molecular formula is C17H17N5O4S3. The first-order valence-electron chi connectivity index (χ1n) is 8.13. The average Bonchev–Trinajstić information content (AvgIpc) is 3.14. The van der Waals surface area contributed by atoms with Crippen LogP contribution in [0.4, 0.5) is 16.5 Å². The highest BCUT2D eigenvalue weighted by Gasteiger charge is 2.10. The smallest absolute Gasteiger partial charge is 0.238 e. The summed E-state index contributed by atoms with van der Waals surface area (Å²) in [6, 6.07) is 13.0. The predicted molar refractivity (Wildman–Crippen MR) is 113 cm³/mol. The predicted octanol–water partition coefficient (Wildman–Crippen LogP) is 2.67. The third kappa shape index (κ3) is 6.15. The molecule has 0 saturated heterocycles. The van der Waals surface area contributed by atoms with Crippen LogP contribution in [0.5, 0.6) is 5.75 Å². The summed E-state index contributed by atoms with van der Waals surface area (Å²) in [5.41, 5.74) is 1.32. The first-order chi connectivity index (χ1) is 13.8. The van der Waals surface area contributed by atoms with Gasteiger partial charge in [0.1, 0.15) is 5.75 Å². The van der Waals surface area contributed by atoms with E-state index in [9.17, 15) is 13.2 Å². The highest BCUT2D eigenvalue weighted by molar-refractivity contribution is 8.01. The van der Waals surface area contributed by atoms with Crippen LogP contribution in [0.25, 0.3) is 0 Å². The summed E-state index contributed by atoms with van der Waals surface area (Å²) in [7, 11) is -2.16. The molecule has 0 spiro atoms. The van der Waals surface area contributed by atoms with Crippen molar-refractivity contribution < 1.29 is 17.9 Å². The number of primary sulfonamides is 1. The van der Waals surface area contributed by atoms with Crippen LogP contribution in [-0.4, -0.2) is 37.4 Å². The normalized spacial score (nSPS) is 11.1. The zero-order valence-corrected chi connectivity index (χ0v) is 17.6. The number of rotatable bonds is 8. The maximum atomic E-state index is 12.1. The molecule has 0 unspecified atom stereocenters. The number of carbonyl (C=O) groups is 1. The van der Waals surface area contributed by atoms with Gasteiger partial charge in [-0.05, 0) is 48.5 Å². The molecule has 0 radical (unpaired) electrons. The van der Waals surface area contributed by atoms with Crippen LogP contribution in [-0.2, 0) is 14.8 Å². The number of carbonyl (C=O) groups excluding carboxylic acids is 1. The third-order valence-electron chi connectivity index (χ3n) is 3.54. The summed E-state index contributed by atoms with van der Waals surface area (Å²) in [5.74, 6) is 0.640. The molecule has 4 N–H and O–H groups in total. The first-order valence-corrected chi connectivity index (χ1v) is 11.5. The van der Waals surface area contributed by atoms with E-state index in [1.807, 2.05) is 24.3 Å². The van der Waals surface area contributed by atoms with Gasteiger partial charge in [-0.1, -0.05) is 23.1 Å². The number of anilines is 3. The van der Waals surface area contributed by atoms with Crippen molar-refractivity contribution in [2.45, 2.75) is 9.24 Å². The highest BCUT2D eigenvalue weighted by atomic mass is 32.2. The van der Waals surface area contributed by atoms with E-state index in [0.29, 0.717) is 15.2 Å². The number of aromatic nitrogens is 2. The molecule has 1 aromatic heterocycles. The molecule has 0 saturated carbocycles. The molecular weight excluding hydrogens is 434 g/mol. The van der Waals surface area contributed by atoms with Crippen molar-refractivity contribution in [2.75, 3.05) is 23.5 Å². The SMILES string of the molecule is COc1ccc(Nc2nnc(SCC(=O)Nc3ccc(S(N)(=O)=O)cc3)s2)cc1. The van der Waals surface area contributed by atoms with Gasteiger partial charge in [-0.25, -0.2) is 13.6 Å². The van der Waals surface area contributed by atoms with Gasteiger partial charge in [-0.3, -0.25) is 4.79 Å². The zero-order chi connectivity index (χ0) is 20.9. The Morgan fingerprint density at radius 2 is 1.76 bits per heavy atom. The van der Waals surface area contributed by atoms with Gasteiger partial charge >= 0.3 is 0 Å². The molecule has 1 heterocycles. The van der Waals surface area contributed by atoms with Crippen LogP contribution in [0.1, 0.15) is 0 Å². The lowest BCUT2D eigenvalue weighted by Gasteiger charge is -2.05. The average molecular weight is 452 g/mol. The minimum atomic E-state index is -3.76. The molecule has 3 rings (SSSR count). The van der Waals surface area contributed by atoms with Gasteiger partial charge < -0.3 is 15.4 Å². The topological polar surface area (TPSA) is 136 Å². The quantitative estimate of drug-likeness (QED) is 0.445. The van der Waals surface area contributed by atoms with Crippen LogP contribution in [0, 0.1) is 0 Å². The monoisotopic (exact) mass is 451 g/mol. The number of sulfonamides is 1. The summed E-state index contributed by atoms with van der Waals surface area (Å²) in [4.78, 5) is 12.1. The standard InChI is InChI=1S/C17H17N5O4S3/c1-26-13-6-2-12(3-7-13)20-16-21-22-17(28-16)27-10-15(23)19-11-4-8-14(9-5-11)29(18,24)25/h2-9H,10H2,1H3,(H,19,23)(H,20,21)(H2,18,24,25). The van der Waals surface area contributed by atoms with Crippen molar-refractivity contribution in [3.63, 3.8) is 0 Å². The molecule has 152 valence electrons. The van der Waals surface area contributed by atoms with Gasteiger partial charge in [-0.15, -0.1) is 10.2 Å². The van der Waals surface area contributed by atoms with Crippen LogP contribution < -0.4 is 20.5 Å². The number of nitrogens with zero attached hydrogens (tertiary/aromatic N) is 2. The lowest BCUT2D eigenvalue weighted by atomic mass is 10.3. The van der Waals surface area contributed by atoms with Crippen molar-refractivity contribution in [3.8, 4) is 5.75 Å². The molecule has 3 aromatic rings. The summed E-state index contributed by atoms with van der Waals surface area (Å²) < 4.78 is 28.2. The third-order valence-corrected chi connectivity index (χ3v) is 6.44. The fraction of sp³-hybridized carbons (Fsp3) is 0.118. The Morgan fingerprint density at radius 1 is 1.10 bits per heavy atom. The van der Waals surface area contributed by atoms with Crippen molar-refractivity contribution in [3.05, 3.63) is 48.5 Å². The van der Waals surface area contributed by atoms with E-state index in [2.05, 4.69) is 20.8 Å². The van der Waals surface area contributed by atoms with Crippen molar-refractivity contribution in [2.24, 2.45) is 5.14 Å². The Hall–Kier alpha value is -2.67. The van der Waals surface area contributed by atoms with Gasteiger partial charge in [0.25, 0.3) is 0 Å². The molecule has 12 heteroatoms. The largest absolute Gasteiger partial charge is 0.497 e. The fourth-order valence-electron chi connectivity index (χ4n) is 2.17. The number of benzene rings is 2. The number of nitrogens with one attached hydrogen (secondary N) is 2. The summed E-state index contributed by atoms with van der Waals surface area (Å²) in [6.07, 6.45) is 0. The first kappa shape index (κ1) is 21.0. The van der Waals surface area contributed by atoms with E-state index < -0.39 is 10.0 Å². The molecule has 0 atom stereocenters. The molecule has 0 aliphatic rings. The number of ether oxygens (including phenoxy) is 1. The summed E-state index contributed by atoms with van der Waals surface area (Å²) >= 11 is 2.58. The molecule has 9 nitrogen and oxygen atoms in total. The van der Waals surface area contributed by atoms with Crippen LogP contribution in [0.15, 0.2) is 57.8 Å². The molecule has 1 amide bonds. The molecule has 0 aliphatic carbocycles. The Labute approximate surface area is 175 Å². The van der Waals surface area contributed by atoms with E-state index in [4.69, 9.17) is 9.88 Å². The van der Waals surface area contributed by atoms with Crippen molar-refractivity contribution in [1.82, 2.24) is 10.2 Å². The lowest BCUT2D eigenvalue weighted by molar-refractivity contribution is -0.113. The number of nitrogens with two attached hydrogens (primary N) is 1. The van der Waals surface area contributed by atoms with Crippen molar-refractivity contribution >= 4 is 55.5 Å². The Balaban J connectivity index is 1.50. The maximum absolute atomic E-state index is 12.1. The van der Waals surface area contributed by atoms with Gasteiger partial charge in [0.15, 0.2) is 4.34 Å². The minimum Gasteiger partial charge on any atom is -0.497 e. The van der Waals surface area contributed by atoms with Gasteiger partial charge in [0.05, 0.1) is 17.8 Å².